The number of ether oxygens (including phenoxy) is 2. The van der Waals surface area contributed by atoms with Crippen LogP contribution >= 0.6 is 0 Å². The number of carbonyl (C=O) groups excluding carboxylic acids is 2. The van der Waals surface area contributed by atoms with Gasteiger partial charge in [-0.1, -0.05) is 13.8 Å². The number of nitrogens with two attached hydrogens (primary N) is 1. The number of rotatable bonds is 6. The number of methoxy groups -OCH3 is 1. The molecule has 1 fully saturated rings. The Kier molecular flexibility index (Phi) is 6.50. The Morgan fingerprint density at radius 3 is 2.20 bits per heavy atom. The summed E-state index contributed by atoms with van der Waals surface area (Å²) in [7, 11) is 1.63. The van der Waals surface area contributed by atoms with Crippen LogP contribution in [-0.4, -0.2) is 49.2 Å². The van der Waals surface area contributed by atoms with Gasteiger partial charge in [0, 0.05) is 25.9 Å². The number of carbonyl (C=O) groups is 2. The maximum Gasteiger partial charge on any atom is 0.312 e. The summed E-state index contributed by atoms with van der Waals surface area (Å²) in [5, 5.41) is 2.54. The second kappa shape index (κ2) is 8.60. The van der Waals surface area contributed by atoms with Gasteiger partial charge in [0.15, 0.2) is 0 Å². The van der Waals surface area contributed by atoms with Crippen LogP contribution in [0.3, 0.4) is 0 Å². The standard InChI is InChI=1S/C18H27N3O4/c1-12(2)16(20-18(19)23)17(22)21-10-8-15(9-11-21)25-14-6-4-13(24-3)5-7-14/h4-7,12,15-16H,8-11H2,1-3H3,(H3,19,20,23). The van der Waals surface area contributed by atoms with Crippen LogP contribution in [0, 0.1) is 5.92 Å². The van der Waals surface area contributed by atoms with Gasteiger partial charge in [-0.3, -0.25) is 4.79 Å². The lowest BCUT2D eigenvalue weighted by Gasteiger charge is -2.35. The number of benzene rings is 1. The molecule has 0 aliphatic carbocycles. The largest absolute Gasteiger partial charge is 0.497 e. The van der Waals surface area contributed by atoms with Crippen LogP contribution in [0.15, 0.2) is 24.3 Å². The van der Waals surface area contributed by atoms with Crippen molar-refractivity contribution >= 4 is 11.9 Å². The molecule has 0 spiro atoms. The Morgan fingerprint density at radius 2 is 1.72 bits per heavy atom. The summed E-state index contributed by atoms with van der Waals surface area (Å²) in [6.07, 6.45) is 1.57. The summed E-state index contributed by atoms with van der Waals surface area (Å²) in [5.74, 6) is 1.47. The van der Waals surface area contributed by atoms with Gasteiger partial charge in [-0.15, -0.1) is 0 Å². The first-order valence-electron chi connectivity index (χ1n) is 8.56. The van der Waals surface area contributed by atoms with Crippen LogP contribution < -0.4 is 20.5 Å². The van der Waals surface area contributed by atoms with Crippen molar-refractivity contribution in [3.63, 3.8) is 0 Å². The summed E-state index contributed by atoms with van der Waals surface area (Å²) in [6.45, 7) is 4.97. The van der Waals surface area contributed by atoms with E-state index in [1.54, 1.807) is 12.0 Å². The van der Waals surface area contributed by atoms with Crippen LogP contribution in [0.2, 0.25) is 0 Å². The number of nitrogens with zero attached hydrogens (tertiary/aromatic N) is 1. The second-order valence-electron chi connectivity index (χ2n) is 6.55. The van der Waals surface area contributed by atoms with Crippen molar-refractivity contribution < 1.29 is 19.1 Å². The molecule has 25 heavy (non-hydrogen) atoms. The van der Waals surface area contributed by atoms with E-state index >= 15 is 0 Å². The molecule has 1 aromatic rings. The quantitative estimate of drug-likeness (QED) is 0.818. The van der Waals surface area contributed by atoms with Gasteiger partial charge < -0.3 is 25.4 Å². The van der Waals surface area contributed by atoms with E-state index in [4.69, 9.17) is 15.2 Å². The molecular weight excluding hydrogens is 322 g/mol. The van der Waals surface area contributed by atoms with Gasteiger partial charge in [0.05, 0.1) is 7.11 Å². The number of hydrogen-bond donors (Lipinski definition) is 2. The van der Waals surface area contributed by atoms with Gasteiger partial charge in [-0.25, -0.2) is 4.79 Å². The fourth-order valence-corrected chi connectivity index (χ4v) is 2.90. The van der Waals surface area contributed by atoms with Crippen molar-refractivity contribution in [1.82, 2.24) is 10.2 Å². The van der Waals surface area contributed by atoms with E-state index in [1.165, 1.54) is 0 Å². The number of amides is 3. The van der Waals surface area contributed by atoms with Crippen molar-refractivity contribution in [3.8, 4) is 11.5 Å². The minimum Gasteiger partial charge on any atom is -0.497 e. The van der Waals surface area contributed by atoms with Crippen molar-refractivity contribution in [2.75, 3.05) is 20.2 Å². The summed E-state index contributed by atoms with van der Waals surface area (Å²) < 4.78 is 11.1. The highest BCUT2D eigenvalue weighted by atomic mass is 16.5. The minimum absolute atomic E-state index is 0.0201. The average Bonchev–Trinajstić information content (AvgIpc) is 2.60. The van der Waals surface area contributed by atoms with Crippen LogP contribution in [0.25, 0.3) is 0 Å². The van der Waals surface area contributed by atoms with Crippen LogP contribution in [0.4, 0.5) is 4.79 Å². The lowest BCUT2D eigenvalue weighted by molar-refractivity contribution is -0.136. The first-order valence-corrected chi connectivity index (χ1v) is 8.56. The van der Waals surface area contributed by atoms with Crippen molar-refractivity contribution in [1.29, 1.82) is 0 Å². The maximum absolute atomic E-state index is 12.6. The number of nitrogens with one attached hydrogen (secondary N) is 1. The van der Waals surface area contributed by atoms with E-state index in [0.29, 0.717) is 13.1 Å². The zero-order valence-electron chi connectivity index (χ0n) is 15.0. The third kappa shape index (κ3) is 5.27. The average molecular weight is 349 g/mol. The molecule has 138 valence electrons. The summed E-state index contributed by atoms with van der Waals surface area (Å²) >= 11 is 0. The molecule has 0 saturated carbocycles. The fourth-order valence-electron chi connectivity index (χ4n) is 2.90. The van der Waals surface area contributed by atoms with E-state index in [2.05, 4.69) is 5.32 Å². The molecule has 7 nitrogen and oxygen atoms in total. The lowest BCUT2D eigenvalue weighted by Crippen LogP contribution is -2.54. The summed E-state index contributed by atoms with van der Waals surface area (Å²) in [5.41, 5.74) is 5.18. The number of hydrogen-bond acceptors (Lipinski definition) is 4. The first-order chi connectivity index (χ1) is 11.9. The van der Waals surface area contributed by atoms with Crippen molar-refractivity contribution in [3.05, 3.63) is 24.3 Å². The third-order valence-electron chi connectivity index (χ3n) is 4.35. The molecule has 1 atom stereocenters. The molecule has 7 heteroatoms. The molecule has 0 radical (unpaired) electrons. The zero-order chi connectivity index (χ0) is 18.4. The molecule has 2 rings (SSSR count). The Labute approximate surface area is 148 Å². The van der Waals surface area contributed by atoms with Crippen molar-refractivity contribution in [2.24, 2.45) is 11.7 Å². The maximum atomic E-state index is 12.6. The van der Waals surface area contributed by atoms with Crippen LogP contribution in [0.1, 0.15) is 26.7 Å². The predicted molar refractivity (Wildman–Crippen MR) is 94.6 cm³/mol. The van der Waals surface area contributed by atoms with E-state index in [0.717, 1.165) is 24.3 Å². The molecule has 0 bridgehead atoms. The predicted octanol–water partition coefficient (Wildman–Crippen LogP) is 1.76. The molecule has 1 aliphatic rings. The first kappa shape index (κ1) is 18.9. The van der Waals surface area contributed by atoms with Gasteiger partial charge >= 0.3 is 6.03 Å². The van der Waals surface area contributed by atoms with E-state index < -0.39 is 12.1 Å². The molecule has 3 N–H and O–H groups in total. The topological polar surface area (TPSA) is 93.9 Å². The fraction of sp³-hybridized carbons (Fsp3) is 0.556. The van der Waals surface area contributed by atoms with Gasteiger partial charge in [0.25, 0.3) is 0 Å². The van der Waals surface area contributed by atoms with Crippen LogP contribution in [0.5, 0.6) is 11.5 Å². The zero-order valence-corrected chi connectivity index (χ0v) is 15.0. The molecule has 0 aromatic heterocycles. The van der Waals surface area contributed by atoms with Gasteiger partial charge in [0.1, 0.15) is 23.6 Å². The number of primary amides is 1. The van der Waals surface area contributed by atoms with Crippen molar-refractivity contribution in [2.45, 2.75) is 38.8 Å². The number of likely N-dealkylation sites (tertiary alicyclic amines) is 1. The van der Waals surface area contributed by atoms with Gasteiger partial charge in [-0.2, -0.15) is 0 Å². The molecule has 1 saturated heterocycles. The Morgan fingerprint density at radius 1 is 1.16 bits per heavy atom. The highest BCUT2D eigenvalue weighted by molar-refractivity contribution is 5.86. The SMILES string of the molecule is COc1ccc(OC2CCN(C(=O)C(NC(N)=O)C(C)C)CC2)cc1. The van der Waals surface area contributed by atoms with Gasteiger partial charge in [0.2, 0.25) is 5.91 Å². The molecule has 1 unspecified atom stereocenters. The Bertz CT molecular complexity index is 580. The summed E-state index contributed by atoms with van der Waals surface area (Å²) in [4.78, 5) is 25.5. The smallest absolute Gasteiger partial charge is 0.312 e. The lowest BCUT2D eigenvalue weighted by atomic mass is 10.0. The van der Waals surface area contributed by atoms with Gasteiger partial charge in [-0.05, 0) is 30.2 Å². The van der Waals surface area contributed by atoms with E-state index in [-0.39, 0.29) is 17.9 Å². The highest BCUT2D eigenvalue weighted by Crippen LogP contribution is 2.22. The number of piperidine rings is 1. The third-order valence-corrected chi connectivity index (χ3v) is 4.35. The Hall–Kier alpha value is -2.44. The van der Waals surface area contributed by atoms with E-state index in [9.17, 15) is 9.59 Å². The minimum atomic E-state index is -0.676. The summed E-state index contributed by atoms with van der Waals surface area (Å²) in [6, 6.07) is 6.21. The second-order valence-corrected chi connectivity index (χ2v) is 6.55. The number of urea groups is 1. The molecule has 1 aromatic carbocycles. The molecule has 1 aliphatic heterocycles. The van der Waals surface area contributed by atoms with Crippen LogP contribution in [-0.2, 0) is 4.79 Å². The molecule has 3 amide bonds. The molecule has 1 heterocycles. The Balaban J connectivity index is 1.87. The highest BCUT2D eigenvalue weighted by Gasteiger charge is 2.31. The monoisotopic (exact) mass is 349 g/mol. The normalized spacial score (nSPS) is 16.4. The van der Waals surface area contributed by atoms with E-state index in [1.807, 2.05) is 38.1 Å². The molecular formula is C18H27N3O4.